The minimum absolute atomic E-state index is 0.564. The Kier molecular flexibility index (Phi) is 2.28. The fraction of sp³-hybridized carbons (Fsp3) is 0.375. The number of hydrogen-bond acceptors (Lipinski definition) is 3. The molecular weight excluding hydrogens is 188 g/mol. The van der Waals surface area contributed by atoms with E-state index in [1.54, 1.807) is 18.3 Å². The third kappa shape index (κ3) is 1.57. The summed E-state index contributed by atoms with van der Waals surface area (Å²) in [4.78, 5) is 4.14. The highest BCUT2D eigenvalue weighted by atomic mass is 32.2. The molecule has 2 rings (SSSR count). The first-order valence-corrected chi connectivity index (χ1v) is 5.13. The molecule has 0 aliphatic carbocycles. The van der Waals surface area contributed by atoms with Crippen LogP contribution in [-0.4, -0.2) is 20.3 Å². The largest absolute Gasteiger partial charge is 0.755 e. The van der Waals surface area contributed by atoms with Crippen LogP contribution in [0.3, 0.4) is 0 Å². The summed E-state index contributed by atoms with van der Waals surface area (Å²) in [5.41, 5.74) is 1.60. The maximum absolute atomic E-state index is 10.8. The van der Waals surface area contributed by atoms with Crippen molar-refractivity contribution in [1.29, 1.82) is 0 Å². The van der Waals surface area contributed by atoms with Gasteiger partial charge < -0.3 is 8.86 Å². The van der Waals surface area contributed by atoms with Crippen LogP contribution >= 0.6 is 0 Å². The van der Waals surface area contributed by atoms with E-state index in [4.69, 9.17) is 0 Å². The normalized spacial score (nSPS) is 18.1. The number of fused-ring (bicyclic) bond motifs is 1. The molecule has 1 aliphatic heterocycles. The van der Waals surface area contributed by atoms with Crippen LogP contribution in [-0.2, 0) is 17.7 Å². The second-order valence-corrected chi connectivity index (χ2v) is 3.77. The van der Waals surface area contributed by atoms with Crippen molar-refractivity contribution in [2.75, 3.05) is 10.8 Å². The van der Waals surface area contributed by atoms with Crippen molar-refractivity contribution < 1.29 is 8.76 Å². The Hall–Kier alpha value is -0.940. The molecule has 0 saturated heterocycles. The van der Waals surface area contributed by atoms with E-state index >= 15 is 0 Å². The Balaban J connectivity index is 2.42. The molecule has 1 aromatic rings. The molecule has 0 amide bonds. The first-order valence-electron chi connectivity index (χ1n) is 4.10. The van der Waals surface area contributed by atoms with Crippen LogP contribution < -0.4 is 4.31 Å². The van der Waals surface area contributed by atoms with E-state index in [9.17, 15) is 8.76 Å². The maximum atomic E-state index is 10.8. The van der Waals surface area contributed by atoms with Crippen LogP contribution in [0.5, 0.6) is 0 Å². The molecule has 4 nitrogen and oxygen atoms in total. The van der Waals surface area contributed by atoms with Crippen LogP contribution in [0.2, 0.25) is 0 Å². The molecule has 0 radical (unpaired) electrons. The van der Waals surface area contributed by atoms with Crippen molar-refractivity contribution >= 4 is 17.0 Å². The summed E-state index contributed by atoms with van der Waals surface area (Å²) in [7, 11) is 0. The summed E-state index contributed by atoms with van der Waals surface area (Å²) >= 11 is -2.17. The highest BCUT2D eigenvalue weighted by Gasteiger charge is 2.17. The predicted molar refractivity (Wildman–Crippen MR) is 48.8 cm³/mol. The van der Waals surface area contributed by atoms with Gasteiger partial charge in [-0.25, -0.2) is 0 Å². The monoisotopic (exact) mass is 197 g/mol. The van der Waals surface area contributed by atoms with Crippen LogP contribution in [0.25, 0.3) is 0 Å². The zero-order valence-corrected chi connectivity index (χ0v) is 7.79. The fourth-order valence-corrected chi connectivity index (χ4v) is 2.12. The van der Waals surface area contributed by atoms with Gasteiger partial charge in [0.15, 0.2) is 0 Å². The van der Waals surface area contributed by atoms with Gasteiger partial charge in [-0.15, -0.1) is 0 Å². The Morgan fingerprint density at radius 1 is 1.62 bits per heavy atom. The fourth-order valence-electron chi connectivity index (χ4n) is 1.51. The van der Waals surface area contributed by atoms with Gasteiger partial charge in [-0.3, -0.25) is 9.19 Å². The number of rotatable bonds is 1. The molecule has 0 aromatic carbocycles. The number of aromatic nitrogens is 1. The van der Waals surface area contributed by atoms with Gasteiger partial charge in [0.1, 0.15) is 0 Å². The molecule has 0 spiro atoms. The van der Waals surface area contributed by atoms with Crippen molar-refractivity contribution in [2.24, 2.45) is 0 Å². The third-order valence-corrected chi connectivity index (χ3v) is 2.83. The zero-order valence-electron chi connectivity index (χ0n) is 6.97. The van der Waals surface area contributed by atoms with Gasteiger partial charge in [0.05, 0.1) is 11.4 Å². The van der Waals surface area contributed by atoms with Gasteiger partial charge in [-0.2, -0.15) is 0 Å². The molecule has 1 unspecified atom stereocenters. The van der Waals surface area contributed by atoms with Crippen molar-refractivity contribution in [2.45, 2.75) is 12.8 Å². The molecule has 1 aromatic heterocycles. The number of pyridine rings is 1. The lowest BCUT2D eigenvalue weighted by atomic mass is 10.1. The summed E-state index contributed by atoms with van der Waals surface area (Å²) in [6, 6.07) is 3.54. The number of anilines is 1. The predicted octanol–water partition coefficient (Wildman–Crippen LogP) is 0.628. The van der Waals surface area contributed by atoms with Gasteiger partial charge in [0, 0.05) is 24.0 Å². The molecule has 1 atom stereocenters. The lowest BCUT2D eigenvalue weighted by Gasteiger charge is -2.31. The molecule has 0 saturated carbocycles. The lowest BCUT2D eigenvalue weighted by molar-refractivity contribution is 0.528. The molecule has 5 heteroatoms. The van der Waals surface area contributed by atoms with Gasteiger partial charge in [-0.05, 0) is 25.0 Å². The number of nitrogens with zero attached hydrogens (tertiary/aromatic N) is 2. The van der Waals surface area contributed by atoms with E-state index in [0.717, 1.165) is 24.2 Å². The second kappa shape index (κ2) is 3.43. The Morgan fingerprint density at radius 3 is 3.23 bits per heavy atom. The Labute approximate surface area is 79.0 Å². The number of aryl methyl sites for hydroxylation is 1. The minimum atomic E-state index is -2.17. The number of hydrogen-bond donors (Lipinski definition) is 0. The summed E-state index contributed by atoms with van der Waals surface area (Å²) in [5.74, 6) is 0. The molecule has 70 valence electrons. The van der Waals surface area contributed by atoms with Crippen LogP contribution in [0, 0.1) is 0 Å². The molecule has 2 heterocycles. The van der Waals surface area contributed by atoms with E-state index in [-0.39, 0.29) is 0 Å². The van der Waals surface area contributed by atoms with Crippen molar-refractivity contribution in [3.63, 3.8) is 0 Å². The summed E-state index contributed by atoms with van der Waals surface area (Å²) < 4.78 is 23.0. The zero-order chi connectivity index (χ0) is 9.26. The molecule has 0 fully saturated rings. The van der Waals surface area contributed by atoms with E-state index < -0.39 is 11.3 Å². The molecule has 0 N–H and O–H groups in total. The standard InChI is InChI=1S/C8H10N2O2S/c11-13(12)10-6-2-3-7-8(10)4-1-5-9-7/h1,4-5H,2-3,6H2,(H,11,12)/p-1. The highest BCUT2D eigenvalue weighted by Crippen LogP contribution is 2.25. The Bertz CT molecular complexity index is 343. The van der Waals surface area contributed by atoms with Gasteiger partial charge >= 0.3 is 0 Å². The molecule has 0 bridgehead atoms. The molecule has 13 heavy (non-hydrogen) atoms. The first-order chi connectivity index (χ1) is 6.29. The first kappa shape index (κ1) is 8.65. The summed E-state index contributed by atoms with van der Waals surface area (Å²) in [5, 5.41) is 0. The van der Waals surface area contributed by atoms with Gasteiger partial charge in [-0.1, -0.05) is 0 Å². The van der Waals surface area contributed by atoms with Crippen LogP contribution in [0.4, 0.5) is 5.69 Å². The molecular formula is C8H9N2O2S-. The SMILES string of the molecule is O=S([O-])N1CCCc2ncccc21. The van der Waals surface area contributed by atoms with Gasteiger partial charge in [0.25, 0.3) is 0 Å². The summed E-state index contributed by atoms with van der Waals surface area (Å²) in [6.07, 6.45) is 3.40. The minimum Gasteiger partial charge on any atom is -0.755 e. The smallest absolute Gasteiger partial charge is 0.0697 e. The molecule has 1 aliphatic rings. The lowest BCUT2D eigenvalue weighted by Crippen LogP contribution is -2.31. The van der Waals surface area contributed by atoms with Crippen molar-refractivity contribution in [3.8, 4) is 0 Å². The topological polar surface area (TPSA) is 56.3 Å². The highest BCUT2D eigenvalue weighted by molar-refractivity contribution is 7.80. The van der Waals surface area contributed by atoms with E-state index in [2.05, 4.69) is 4.98 Å². The maximum Gasteiger partial charge on any atom is 0.0697 e. The second-order valence-electron chi connectivity index (χ2n) is 2.89. The van der Waals surface area contributed by atoms with Crippen molar-refractivity contribution in [1.82, 2.24) is 4.98 Å². The third-order valence-electron chi connectivity index (χ3n) is 2.09. The van der Waals surface area contributed by atoms with Crippen LogP contribution in [0.15, 0.2) is 18.3 Å². The average Bonchev–Trinajstić information content (AvgIpc) is 2.17. The van der Waals surface area contributed by atoms with Crippen LogP contribution in [0.1, 0.15) is 12.1 Å². The summed E-state index contributed by atoms with van der Waals surface area (Å²) in [6.45, 7) is 0.564. The average molecular weight is 197 g/mol. The Morgan fingerprint density at radius 2 is 2.46 bits per heavy atom. The van der Waals surface area contributed by atoms with E-state index in [0.29, 0.717) is 6.54 Å². The van der Waals surface area contributed by atoms with E-state index in [1.807, 2.05) is 0 Å². The van der Waals surface area contributed by atoms with Crippen molar-refractivity contribution in [3.05, 3.63) is 24.0 Å². The van der Waals surface area contributed by atoms with E-state index in [1.165, 1.54) is 4.31 Å². The quantitative estimate of drug-likeness (QED) is 0.620. The van der Waals surface area contributed by atoms with Gasteiger partial charge in [0.2, 0.25) is 0 Å².